The van der Waals surface area contributed by atoms with Crippen molar-refractivity contribution >= 4 is 5.82 Å². The normalized spacial score (nSPS) is 11.5. The Hall–Kier alpha value is -1.62. The molecule has 0 fully saturated rings. The van der Waals surface area contributed by atoms with E-state index in [-0.39, 0.29) is 5.70 Å². The Morgan fingerprint density at radius 1 is 1.64 bits per heavy atom. The largest absolute Gasteiger partial charge is 0.399 e. The van der Waals surface area contributed by atoms with Gasteiger partial charge in [-0.05, 0) is 18.6 Å². The highest BCUT2D eigenvalue weighted by Crippen LogP contribution is 2.08. The maximum Gasteiger partial charge on any atom is 0.146 e. The van der Waals surface area contributed by atoms with Crippen LogP contribution in [0, 0.1) is 6.92 Å². The van der Waals surface area contributed by atoms with Gasteiger partial charge in [0.05, 0.1) is 5.70 Å². The Bertz CT molecular complexity index is 320. The summed E-state index contributed by atoms with van der Waals surface area (Å²) in [5.74, 6) is 6.09. The first kappa shape index (κ1) is 10.5. The quantitative estimate of drug-likeness (QED) is 0.555. The Morgan fingerprint density at radius 2 is 2.36 bits per heavy atom. The molecule has 0 radical (unpaired) electrons. The summed E-state index contributed by atoms with van der Waals surface area (Å²) in [4.78, 5) is 4.04. The molecule has 0 saturated heterocycles. The molecule has 0 atom stereocenters. The third-order valence-corrected chi connectivity index (χ3v) is 1.62. The lowest BCUT2D eigenvalue weighted by Gasteiger charge is -2.12. The molecular weight excluding hydrogens is 183 g/mol. The number of nitrogens with two attached hydrogens (primary N) is 2. The lowest BCUT2D eigenvalue weighted by atomic mass is 10.3. The third kappa shape index (κ3) is 2.70. The van der Waals surface area contributed by atoms with Gasteiger partial charge in [-0.1, -0.05) is 6.07 Å². The molecule has 4 nitrogen and oxygen atoms in total. The molecule has 0 aliphatic heterocycles. The molecule has 0 saturated carbocycles. The third-order valence-electron chi connectivity index (χ3n) is 1.62. The number of hydrazine groups is 1. The summed E-state index contributed by atoms with van der Waals surface area (Å²) in [7, 11) is 0. The molecule has 1 aromatic heterocycles. The summed E-state index contributed by atoms with van der Waals surface area (Å²) in [5, 5.41) is 1.19. The monoisotopic (exact) mass is 196 g/mol. The van der Waals surface area contributed by atoms with Crippen LogP contribution in [0.2, 0.25) is 0 Å². The molecule has 1 rings (SSSR count). The molecule has 0 spiro atoms. The van der Waals surface area contributed by atoms with Crippen LogP contribution < -0.4 is 16.6 Å². The van der Waals surface area contributed by atoms with E-state index in [1.807, 2.05) is 13.0 Å². The van der Waals surface area contributed by atoms with Crippen molar-refractivity contribution in [2.75, 3.05) is 11.7 Å². The van der Waals surface area contributed by atoms with Gasteiger partial charge in [0, 0.05) is 12.4 Å². The number of rotatable bonds is 3. The standard InChI is InChI=1S/C9H13FN4/c1-7-2-3-9(13-5-7)14(12)6-8(11)4-10/h2-3,5-6H,4,11-12H2,1H3/b8-6-. The van der Waals surface area contributed by atoms with E-state index in [0.717, 1.165) is 5.56 Å². The Labute approximate surface area is 82.0 Å². The van der Waals surface area contributed by atoms with Gasteiger partial charge < -0.3 is 5.73 Å². The van der Waals surface area contributed by atoms with Crippen LogP contribution in [0.1, 0.15) is 5.56 Å². The van der Waals surface area contributed by atoms with E-state index in [9.17, 15) is 4.39 Å². The van der Waals surface area contributed by atoms with E-state index in [1.54, 1.807) is 12.3 Å². The van der Waals surface area contributed by atoms with Gasteiger partial charge in [-0.15, -0.1) is 0 Å². The van der Waals surface area contributed by atoms with Gasteiger partial charge in [-0.2, -0.15) is 0 Å². The van der Waals surface area contributed by atoms with Gasteiger partial charge in [0.2, 0.25) is 0 Å². The van der Waals surface area contributed by atoms with E-state index in [1.165, 1.54) is 11.2 Å². The van der Waals surface area contributed by atoms with Crippen LogP contribution in [0.4, 0.5) is 10.2 Å². The predicted octanol–water partition coefficient (Wildman–Crippen LogP) is 0.840. The van der Waals surface area contributed by atoms with Crippen molar-refractivity contribution < 1.29 is 4.39 Å². The maximum atomic E-state index is 12.0. The Kier molecular flexibility index (Phi) is 3.41. The van der Waals surface area contributed by atoms with Crippen LogP contribution in [0.5, 0.6) is 0 Å². The minimum atomic E-state index is -0.723. The molecular formula is C9H13FN4. The van der Waals surface area contributed by atoms with Crippen LogP contribution in [-0.4, -0.2) is 11.7 Å². The topological polar surface area (TPSA) is 68.2 Å². The summed E-state index contributed by atoms with van der Waals surface area (Å²) in [5.41, 5.74) is 6.37. The number of halogens is 1. The number of anilines is 1. The van der Waals surface area contributed by atoms with Crippen molar-refractivity contribution in [2.24, 2.45) is 11.6 Å². The molecule has 14 heavy (non-hydrogen) atoms. The van der Waals surface area contributed by atoms with Gasteiger partial charge in [0.15, 0.2) is 0 Å². The molecule has 1 heterocycles. The highest BCUT2D eigenvalue weighted by atomic mass is 19.1. The summed E-state index contributed by atoms with van der Waals surface area (Å²) in [6.07, 6.45) is 2.98. The van der Waals surface area contributed by atoms with Crippen LogP contribution in [-0.2, 0) is 0 Å². The van der Waals surface area contributed by atoms with Gasteiger partial charge >= 0.3 is 0 Å². The van der Waals surface area contributed by atoms with E-state index >= 15 is 0 Å². The number of hydrogen-bond donors (Lipinski definition) is 2. The zero-order chi connectivity index (χ0) is 10.6. The number of allylic oxidation sites excluding steroid dienone is 1. The molecule has 0 aliphatic rings. The van der Waals surface area contributed by atoms with Crippen molar-refractivity contribution in [3.63, 3.8) is 0 Å². The van der Waals surface area contributed by atoms with Gasteiger partial charge in [0.25, 0.3) is 0 Å². The summed E-state index contributed by atoms with van der Waals surface area (Å²) < 4.78 is 12.0. The molecule has 0 unspecified atom stereocenters. The van der Waals surface area contributed by atoms with E-state index in [2.05, 4.69) is 4.98 Å². The molecule has 0 bridgehead atoms. The number of aromatic nitrogens is 1. The second kappa shape index (κ2) is 4.57. The molecule has 4 N–H and O–H groups in total. The van der Waals surface area contributed by atoms with Crippen molar-refractivity contribution in [3.05, 3.63) is 35.8 Å². The summed E-state index contributed by atoms with van der Waals surface area (Å²) in [6, 6.07) is 3.60. The molecule has 0 aromatic carbocycles. The average molecular weight is 196 g/mol. The lowest BCUT2D eigenvalue weighted by molar-refractivity contribution is 0.538. The van der Waals surface area contributed by atoms with Crippen molar-refractivity contribution in [2.45, 2.75) is 6.92 Å². The molecule has 5 heteroatoms. The smallest absolute Gasteiger partial charge is 0.146 e. The van der Waals surface area contributed by atoms with Crippen LogP contribution in [0.15, 0.2) is 30.2 Å². The van der Waals surface area contributed by atoms with Crippen LogP contribution in [0.25, 0.3) is 0 Å². The minimum absolute atomic E-state index is 0.0647. The fourth-order valence-corrected chi connectivity index (χ4v) is 0.892. The van der Waals surface area contributed by atoms with E-state index < -0.39 is 6.67 Å². The first-order chi connectivity index (χ1) is 6.63. The van der Waals surface area contributed by atoms with E-state index in [4.69, 9.17) is 11.6 Å². The fraction of sp³-hybridized carbons (Fsp3) is 0.222. The number of nitrogens with zero attached hydrogens (tertiary/aromatic N) is 2. The Balaban J connectivity index is 2.79. The number of alkyl halides is 1. The maximum absolute atomic E-state index is 12.0. The zero-order valence-corrected chi connectivity index (χ0v) is 7.94. The lowest BCUT2D eigenvalue weighted by Crippen LogP contribution is -2.27. The highest BCUT2D eigenvalue weighted by Gasteiger charge is 1.99. The molecule has 0 amide bonds. The predicted molar refractivity (Wildman–Crippen MR) is 53.9 cm³/mol. The van der Waals surface area contributed by atoms with Crippen molar-refractivity contribution in [1.29, 1.82) is 0 Å². The zero-order valence-electron chi connectivity index (χ0n) is 7.94. The summed E-state index contributed by atoms with van der Waals surface area (Å²) >= 11 is 0. The second-order valence-corrected chi connectivity index (χ2v) is 2.94. The molecule has 0 aliphatic carbocycles. The minimum Gasteiger partial charge on any atom is -0.399 e. The molecule has 1 aromatic rings. The Morgan fingerprint density at radius 3 is 2.86 bits per heavy atom. The van der Waals surface area contributed by atoms with Crippen molar-refractivity contribution in [3.8, 4) is 0 Å². The van der Waals surface area contributed by atoms with E-state index in [0.29, 0.717) is 5.82 Å². The van der Waals surface area contributed by atoms with Gasteiger partial charge in [-0.3, -0.25) is 5.01 Å². The average Bonchev–Trinajstić information content (AvgIpc) is 2.18. The highest BCUT2D eigenvalue weighted by molar-refractivity contribution is 5.40. The summed E-state index contributed by atoms with van der Waals surface area (Å²) in [6.45, 7) is 1.20. The van der Waals surface area contributed by atoms with Crippen molar-refractivity contribution in [1.82, 2.24) is 4.98 Å². The van der Waals surface area contributed by atoms with Gasteiger partial charge in [0.1, 0.15) is 12.5 Å². The van der Waals surface area contributed by atoms with Crippen LogP contribution in [0.3, 0.4) is 0 Å². The number of pyridine rings is 1. The second-order valence-electron chi connectivity index (χ2n) is 2.94. The first-order valence-electron chi connectivity index (χ1n) is 4.12. The SMILES string of the molecule is Cc1ccc(N(N)/C=C(\N)CF)nc1. The fourth-order valence-electron chi connectivity index (χ4n) is 0.892. The number of aryl methyl sites for hydroxylation is 1. The van der Waals surface area contributed by atoms with Crippen LogP contribution >= 0.6 is 0 Å². The van der Waals surface area contributed by atoms with Gasteiger partial charge in [-0.25, -0.2) is 15.2 Å². The molecule has 76 valence electrons. The first-order valence-corrected chi connectivity index (χ1v) is 4.12. The number of hydrogen-bond acceptors (Lipinski definition) is 4.